The van der Waals surface area contributed by atoms with Crippen LogP contribution in [0.3, 0.4) is 0 Å². The maximum atomic E-state index is 12.2. The second kappa shape index (κ2) is 10.5. The van der Waals surface area contributed by atoms with Crippen molar-refractivity contribution in [3.63, 3.8) is 0 Å². The average Bonchev–Trinajstić information content (AvgIpc) is 3.10. The zero-order chi connectivity index (χ0) is 24.4. The Bertz CT molecular complexity index is 756. The summed E-state index contributed by atoms with van der Waals surface area (Å²) >= 11 is 0. The maximum Gasteiger partial charge on any atom is 0.254 e. The molecule has 33 heavy (non-hydrogen) atoms. The van der Waals surface area contributed by atoms with Crippen molar-refractivity contribution in [2.24, 2.45) is 0 Å². The van der Waals surface area contributed by atoms with Crippen molar-refractivity contribution in [1.29, 1.82) is 0 Å². The highest BCUT2D eigenvalue weighted by Crippen LogP contribution is 2.28. The first-order valence-electron chi connectivity index (χ1n) is 10.00. The summed E-state index contributed by atoms with van der Waals surface area (Å²) in [5.41, 5.74) is 0. The van der Waals surface area contributed by atoms with E-state index in [0.717, 1.165) is 12.2 Å². The van der Waals surface area contributed by atoms with Gasteiger partial charge in [-0.05, 0) is 0 Å². The highest BCUT2D eigenvalue weighted by Gasteiger charge is 2.50. The molecule has 2 fully saturated rings. The molecule has 0 radical (unpaired) electrons. The van der Waals surface area contributed by atoms with Crippen LogP contribution >= 0.6 is 0 Å². The van der Waals surface area contributed by atoms with Gasteiger partial charge in [0.2, 0.25) is 5.91 Å². The van der Waals surface area contributed by atoms with Crippen molar-refractivity contribution in [3.05, 3.63) is 12.2 Å². The number of nitrogens with one attached hydrogen (secondary N) is 1. The molecule has 10 atom stereocenters. The first-order chi connectivity index (χ1) is 15.6. The van der Waals surface area contributed by atoms with Crippen molar-refractivity contribution in [3.8, 4) is 0 Å². The maximum absolute atomic E-state index is 12.2. The Morgan fingerprint density at radius 3 is 2.06 bits per heavy atom. The summed E-state index contributed by atoms with van der Waals surface area (Å²) in [7, 11) is 0. The summed E-state index contributed by atoms with van der Waals surface area (Å²) in [4.78, 5) is 36.0. The van der Waals surface area contributed by atoms with Gasteiger partial charge >= 0.3 is 0 Å². The molecule has 3 rings (SSSR count). The minimum Gasteiger partial charge on any atom is -0.394 e. The van der Waals surface area contributed by atoms with Crippen LogP contribution in [0.4, 0.5) is 0 Å². The molecule has 15 nitrogen and oxygen atoms in total. The molecule has 0 aromatic carbocycles. The van der Waals surface area contributed by atoms with Gasteiger partial charge in [0.15, 0.2) is 12.5 Å². The molecule has 0 unspecified atom stereocenters. The van der Waals surface area contributed by atoms with Crippen LogP contribution in [-0.2, 0) is 28.6 Å². The Balaban J connectivity index is 1.64. The van der Waals surface area contributed by atoms with Gasteiger partial charge in [0.25, 0.3) is 11.8 Å². The summed E-state index contributed by atoms with van der Waals surface area (Å²) in [5.74, 6) is -2.32. The number of amides is 3. The Hall–Kier alpha value is -2.05. The zero-order valence-electron chi connectivity index (χ0n) is 17.1. The first kappa shape index (κ1) is 25.6. The van der Waals surface area contributed by atoms with E-state index in [4.69, 9.17) is 14.2 Å². The lowest BCUT2D eigenvalue weighted by Gasteiger charge is -2.46. The second-order valence-electron chi connectivity index (χ2n) is 7.72. The number of aliphatic hydroxyl groups is 7. The van der Waals surface area contributed by atoms with Gasteiger partial charge in [-0.25, -0.2) is 0 Å². The number of rotatable bonds is 7. The van der Waals surface area contributed by atoms with Gasteiger partial charge in [0, 0.05) is 12.2 Å². The molecule has 0 spiro atoms. The fraction of sp³-hybridized carbons (Fsp3) is 0.722. The Kier molecular flexibility index (Phi) is 8.12. The summed E-state index contributed by atoms with van der Waals surface area (Å²) in [6, 6.07) is 0. The lowest BCUT2D eigenvalue weighted by atomic mass is 9.96. The van der Waals surface area contributed by atoms with E-state index in [9.17, 15) is 50.1 Å². The van der Waals surface area contributed by atoms with Crippen LogP contribution in [-0.4, -0.2) is 139 Å². The number of imide groups is 1. The molecule has 15 heteroatoms. The standard InChI is InChI=1S/C18H26N2O13/c21-4-6-11(26)12(27)15(30)18(32-6)33-16-7(5-22)31-17(14(29)13(16)28)19-8(23)3-20-9(24)1-2-10(20)25/h1-2,6-7,11-18,21-22,26-30H,3-5H2,(H,19,23)/t6-,7-,11+,12+,13-,14-,15-,16-,17-,18+/m1/s1. The van der Waals surface area contributed by atoms with Crippen molar-refractivity contribution < 1.29 is 64.3 Å². The molecule has 0 aromatic rings. The smallest absolute Gasteiger partial charge is 0.254 e. The SMILES string of the molecule is O=C(CN1C(=O)C=CC1=O)N[C@@H]1O[C@H](CO)[C@@H](O[C@@H]2O[C@H](CO)[C@H](O)[C@H](O)[C@H]2O)[C@H](O)[C@H]1O. The predicted octanol–water partition coefficient (Wildman–Crippen LogP) is -6.35. The molecule has 0 aromatic heterocycles. The number of carbonyl (C=O) groups excluding carboxylic acids is 3. The Morgan fingerprint density at radius 1 is 0.879 bits per heavy atom. The van der Waals surface area contributed by atoms with Gasteiger partial charge in [-0.15, -0.1) is 0 Å². The van der Waals surface area contributed by atoms with E-state index in [0.29, 0.717) is 4.90 Å². The molecule has 186 valence electrons. The molecular formula is C18H26N2O13. The van der Waals surface area contributed by atoms with E-state index in [2.05, 4.69) is 5.32 Å². The van der Waals surface area contributed by atoms with Gasteiger partial charge in [-0.2, -0.15) is 0 Å². The van der Waals surface area contributed by atoms with E-state index in [-0.39, 0.29) is 0 Å². The third-order valence-electron chi connectivity index (χ3n) is 5.51. The highest BCUT2D eigenvalue weighted by molar-refractivity contribution is 6.14. The number of carbonyl (C=O) groups is 3. The van der Waals surface area contributed by atoms with Crippen LogP contribution in [0.1, 0.15) is 0 Å². The quantitative estimate of drug-likeness (QED) is 0.159. The Morgan fingerprint density at radius 2 is 1.48 bits per heavy atom. The first-order valence-corrected chi connectivity index (χ1v) is 10.00. The number of hydrogen-bond acceptors (Lipinski definition) is 13. The summed E-state index contributed by atoms with van der Waals surface area (Å²) < 4.78 is 16.0. The number of hydrogen-bond donors (Lipinski definition) is 8. The lowest BCUT2D eigenvalue weighted by molar-refractivity contribution is -0.343. The topological polar surface area (TPSA) is 236 Å². The minimum atomic E-state index is -1.82. The molecule has 3 aliphatic rings. The molecule has 0 aliphatic carbocycles. The van der Waals surface area contributed by atoms with Gasteiger partial charge in [-0.3, -0.25) is 19.3 Å². The normalized spacial score (nSPS) is 41.5. The molecule has 0 bridgehead atoms. The predicted molar refractivity (Wildman–Crippen MR) is 100 cm³/mol. The molecule has 0 saturated carbocycles. The fourth-order valence-electron chi connectivity index (χ4n) is 3.64. The molecular weight excluding hydrogens is 452 g/mol. The molecule has 2 saturated heterocycles. The van der Waals surface area contributed by atoms with E-state index >= 15 is 0 Å². The highest BCUT2D eigenvalue weighted by atomic mass is 16.7. The van der Waals surface area contributed by atoms with Crippen molar-refractivity contribution in [2.75, 3.05) is 19.8 Å². The van der Waals surface area contributed by atoms with Crippen LogP contribution in [0.25, 0.3) is 0 Å². The van der Waals surface area contributed by atoms with Gasteiger partial charge in [0.05, 0.1) is 13.2 Å². The van der Waals surface area contributed by atoms with Crippen molar-refractivity contribution in [2.45, 2.75) is 61.3 Å². The average molecular weight is 478 g/mol. The van der Waals surface area contributed by atoms with Crippen molar-refractivity contribution in [1.82, 2.24) is 10.2 Å². The molecule has 3 amide bonds. The number of ether oxygens (including phenoxy) is 3. The van der Waals surface area contributed by atoms with E-state index in [1.165, 1.54) is 0 Å². The third-order valence-corrected chi connectivity index (χ3v) is 5.51. The van der Waals surface area contributed by atoms with Crippen LogP contribution in [0.2, 0.25) is 0 Å². The number of aliphatic hydroxyl groups excluding tert-OH is 7. The molecule has 8 N–H and O–H groups in total. The summed E-state index contributed by atoms with van der Waals surface area (Å²) in [5, 5.41) is 71.8. The van der Waals surface area contributed by atoms with E-state index in [1.54, 1.807) is 0 Å². The van der Waals surface area contributed by atoms with Crippen LogP contribution in [0.15, 0.2) is 12.2 Å². The number of nitrogens with zero attached hydrogens (tertiary/aromatic N) is 1. The molecule has 3 heterocycles. The van der Waals surface area contributed by atoms with Crippen LogP contribution in [0.5, 0.6) is 0 Å². The van der Waals surface area contributed by atoms with Gasteiger partial charge in [-0.1, -0.05) is 0 Å². The van der Waals surface area contributed by atoms with Crippen LogP contribution < -0.4 is 5.32 Å². The Labute approximate surface area is 186 Å². The second-order valence-corrected chi connectivity index (χ2v) is 7.72. The van der Waals surface area contributed by atoms with Crippen LogP contribution in [0, 0.1) is 0 Å². The zero-order valence-corrected chi connectivity index (χ0v) is 17.1. The van der Waals surface area contributed by atoms with Crippen molar-refractivity contribution >= 4 is 17.7 Å². The monoisotopic (exact) mass is 478 g/mol. The summed E-state index contributed by atoms with van der Waals surface area (Å²) in [6.07, 6.45) is -14.4. The van der Waals surface area contributed by atoms with E-state index in [1.807, 2.05) is 0 Å². The van der Waals surface area contributed by atoms with Gasteiger partial charge in [0.1, 0.15) is 55.4 Å². The van der Waals surface area contributed by atoms with E-state index < -0.39 is 98.8 Å². The lowest BCUT2D eigenvalue weighted by Crippen LogP contribution is -2.67. The van der Waals surface area contributed by atoms with Gasteiger partial charge < -0.3 is 55.3 Å². The summed E-state index contributed by atoms with van der Waals surface area (Å²) in [6.45, 7) is -2.20. The molecule has 3 aliphatic heterocycles. The fourth-order valence-corrected chi connectivity index (χ4v) is 3.64. The minimum absolute atomic E-state index is 0.634. The largest absolute Gasteiger partial charge is 0.394 e. The third kappa shape index (κ3) is 5.22.